The zero-order valence-electron chi connectivity index (χ0n) is 19.4. The summed E-state index contributed by atoms with van der Waals surface area (Å²) in [7, 11) is 1.58. The number of methoxy groups -OCH3 is 1. The van der Waals surface area contributed by atoms with E-state index in [1.165, 1.54) is 6.92 Å². The second-order valence-electron chi connectivity index (χ2n) is 8.34. The Kier molecular flexibility index (Phi) is 8.29. The molecule has 3 rings (SSSR count). The predicted octanol–water partition coefficient (Wildman–Crippen LogP) is 2.86. The number of anilines is 1. The summed E-state index contributed by atoms with van der Waals surface area (Å²) in [4.78, 5) is 39.0. The van der Waals surface area contributed by atoms with Crippen molar-refractivity contribution in [3.05, 3.63) is 59.7 Å². The fraction of sp³-hybridized carbons (Fsp3) is 0.400. The number of benzene rings is 2. The first-order chi connectivity index (χ1) is 15.9. The minimum atomic E-state index is -0.707. The second kappa shape index (κ2) is 11.4. The van der Waals surface area contributed by atoms with E-state index in [-0.39, 0.29) is 23.9 Å². The van der Waals surface area contributed by atoms with E-state index in [0.717, 1.165) is 16.8 Å². The van der Waals surface area contributed by atoms with E-state index in [9.17, 15) is 14.4 Å². The second-order valence-corrected chi connectivity index (χ2v) is 8.34. The Labute approximate surface area is 194 Å². The van der Waals surface area contributed by atoms with Gasteiger partial charge in [0.1, 0.15) is 11.8 Å². The van der Waals surface area contributed by atoms with Crippen LogP contribution >= 0.6 is 0 Å². The summed E-state index contributed by atoms with van der Waals surface area (Å²) < 4.78 is 5.38. The molecule has 4 amide bonds. The van der Waals surface area contributed by atoms with Gasteiger partial charge in [0.05, 0.1) is 7.11 Å². The van der Waals surface area contributed by atoms with Gasteiger partial charge in [-0.15, -0.1) is 0 Å². The number of piperidine rings is 1. The first-order valence-corrected chi connectivity index (χ1v) is 11.2. The molecular weight excluding hydrogens is 420 g/mol. The molecular formula is C25H32N4O4. The maximum absolute atomic E-state index is 13.0. The van der Waals surface area contributed by atoms with Crippen LogP contribution in [-0.2, 0) is 16.0 Å². The third-order valence-corrected chi connectivity index (χ3v) is 5.74. The molecule has 33 heavy (non-hydrogen) atoms. The van der Waals surface area contributed by atoms with Crippen LogP contribution in [0.5, 0.6) is 5.75 Å². The Balaban J connectivity index is 1.53. The lowest BCUT2D eigenvalue weighted by molar-refractivity contribution is -0.128. The molecule has 8 nitrogen and oxygen atoms in total. The molecule has 1 atom stereocenters. The van der Waals surface area contributed by atoms with Crippen LogP contribution in [0.4, 0.5) is 10.5 Å². The van der Waals surface area contributed by atoms with Crippen molar-refractivity contribution in [3.63, 3.8) is 0 Å². The highest BCUT2D eigenvalue weighted by molar-refractivity contribution is 5.89. The van der Waals surface area contributed by atoms with E-state index in [0.29, 0.717) is 38.1 Å². The van der Waals surface area contributed by atoms with Crippen LogP contribution < -0.4 is 20.7 Å². The minimum absolute atomic E-state index is 0.0603. The first-order valence-electron chi connectivity index (χ1n) is 11.2. The molecule has 2 aromatic carbocycles. The van der Waals surface area contributed by atoms with Gasteiger partial charge in [0.15, 0.2) is 0 Å². The average Bonchev–Trinajstić information content (AvgIpc) is 2.80. The van der Waals surface area contributed by atoms with Gasteiger partial charge >= 0.3 is 6.03 Å². The quantitative estimate of drug-likeness (QED) is 0.601. The molecule has 0 saturated carbocycles. The van der Waals surface area contributed by atoms with E-state index >= 15 is 0 Å². The predicted molar refractivity (Wildman–Crippen MR) is 127 cm³/mol. The van der Waals surface area contributed by atoms with E-state index < -0.39 is 6.04 Å². The Bertz CT molecular complexity index is 969. The van der Waals surface area contributed by atoms with E-state index in [2.05, 4.69) is 16.0 Å². The topological polar surface area (TPSA) is 99.8 Å². The highest BCUT2D eigenvalue weighted by atomic mass is 16.5. The van der Waals surface area contributed by atoms with Crippen LogP contribution in [0.3, 0.4) is 0 Å². The summed E-state index contributed by atoms with van der Waals surface area (Å²) in [5, 5.41) is 8.70. The van der Waals surface area contributed by atoms with Gasteiger partial charge in [0.2, 0.25) is 11.8 Å². The number of hydrogen-bond acceptors (Lipinski definition) is 4. The number of para-hydroxylation sites is 1. The maximum atomic E-state index is 13.0. The van der Waals surface area contributed by atoms with Gasteiger partial charge in [-0.3, -0.25) is 9.59 Å². The Morgan fingerprint density at radius 2 is 1.73 bits per heavy atom. The standard InChI is InChI=1S/C25H32N4O4/c1-17-8-10-20(11-9-17)28-25(32)29-14-12-21(13-15-29)27-24(31)22(26-18(2)30)16-19-6-4-5-7-23(19)33-3/h4-11,21-22H,12-16H2,1-3H3,(H,26,30)(H,27,31)(H,28,32). The lowest BCUT2D eigenvalue weighted by atomic mass is 10.0. The molecule has 8 heteroatoms. The molecule has 2 aromatic rings. The van der Waals surface area contributed by atoms with Crippen molar-refractivity contribution in [3.8, 4) is 5.75 Å². The number of nitrogens with one attached hydrogen (secondary N) is 3. The summed E-state index contributed by atoms with van der Waals surface area (Å²) in [6.07, 6.45) is 1.62. The van der Waals surface area contributed by atoms with Gasteiger partial charge in [0, 0.05) is 38.2 Å². The molecule has 176 valence electrons. The number of carbonyl (C=O) groups is 3. The van der Waals surface area contributed by atoms with Crippen molar-refractivity contribution in [2.24, 2.45) is 0 Å². The van der Waals surface area contributed by atoms with Crippen molar-refractivity contribution in [1.29, 1.82) is 0 Å². The molecule has 1 saturated heterocycles. The molecule has 0 aliphatic carbocycles. The highest BCUT2D eigenvalue weighted by Crippen LogP contribution is 2.20. The molecule has 0 aromatic heterocycles. The number of amides is 4. The van der Waals surface area contributed by atoms with E-state index in [4.69, 9.17) is 4.74 Å². The van der Waals surface area contributed by atoms with Gasteiger partial charge in [-0.2, -0.15) is 0 Å². The third-order valence-electron chi connectivity index (χ3n) is 5.74. The number of likely N-dealkylation sites (tertiary alicyclic amines) is 1. The van der Waals surface area contributed by atoms with Gasteiger partial charge in [0.25, 0.3) is 0 Å². The largest absolute Gasteiger partial charge is 0.496 e. The minimum Gasteiger partial charge on any atom is -0.496 e. The molecule has 1 unspecified atom stereocenters. The van der Waals surface area contributed by atoms with Crippen molar-refractivity contribution in [1.82, 2.24) is 15.5 Å². The monoisotopic (exact) mass is 452 g/mol. The summed E-state index contributed by atoms with van der Waals surface area (Å²) in [5.41, 5.74) is 2.74. The molecule has 0 bridgehead atoms. The summed E-state index contributed by atoms with van der Waals surface area (Å²) in [6.45, 7) is 4.48. The number of urea groups is 1. The Morgan fingerprint density at radius 3 is 2.36 bits per heavy atom. The zero-order chi connectivity index (χ0) is 23.8. The van der Waals surface area contributed by atoms with E-state index in [1.54, 1.807) is 12.0 Å². The third kappa shape index (κ3) is 6.97. The molecule has 1 aliphatic rings. The van der Waals surface area contributed by atoms with E-state index in [1.807, 2.05) is 55.5 Å². The van der Waals surface area contributed by atoms with Crippen LogP contribution in [0.1, 0.15) is 30.9 Å². The van der Waals surface area contributed by atoms with Crippen molar-refractivity contribution in [2.45, 2.75) is 45.2 Å². The lowest BCUT2D eigenvalue weighted by Gasteiger charge is -2.33. The highest BCUT2D eigenvalue weighted by Gasteiger charge is 2.27. The van der Waals surface area contributed by atoms with Gasteiger partial charge < -0.3 is 25.6 Å². The molecule has 1 heterocycles. The fourth-order valence-corrected chi connectivity index (χ4v) is 3.91. The zero-order valence-corrected chi connectivity index (χ0v) is 19.4. The Hall–Kier alpha value is -3.55. The van der Waals surface area contributed by atoms with Gasteiger partial charge in [-0.05, 0) is 43.5 Å². The van der Waals surface area contributed by atoms with Crippen LogP contribution in [0.2, 0.25) is 0 Å². The number of nitrogens with zero attached hydrogens (tertiary/aromatic N) is 1. The number of hydrogen-bond donors (Lipinski definition) is 3. The molecule has 3 N–H and O–H groups in total. The SMILES string of the molecule is COc1ccccc1CC(NC(C)=O)C(=O)NC1CCN(C(=O)Nc2ccc(C)cc2)CC1. The molecule has 0 spiro atoms. The summed E-state index contributed by atoms with van der Waals surface area (Å²) in [6, 6.07) is 14.2. The Morgan fingerprint density at radius 1 is 1.06 bits per heavy atom. The average molecular weight is 453 g/mol. The number of ether oxygens (including phenoxy) is 1. The van der Waals surface area contributed by atoms with Gasteiger partial charge in [-0.25, -0.2) is 4.79 Å². The maximum Gasteiger partial charge on any atom is 0.321 e. The van der Waals surface area contributed by atoms with Crippen LogP contribution in [0, 0.1) is 6.92 Å². The van der Waals surface area contributed by atoms with Crippen molar-refractivity contribution < 1.29 is 19.1 Å². The van der Waals surface area contributed by atoms with Crippen molar-refractivity contribution in [2.75, 3.05) is 25.5 Å². The smallest absolute Gasteiger partial charge is 0.321 e. The molecule has 0 radical (unpaired) electrons. The first kappa shape index (κ1) is 24.1. The van der Waals surface area contributed by atoms with Crippen LogP contribution in [0.25, 0.3) is 0 Å². The van der Waals surface area contributed by atoms with Crippen LogP contribution in [0.15, 0.2) is 48.5 Å². The summed E-state index contributed by atoms with van der Waals surface area (Å²) >= 11 is 0. The summed E-state index contributed by atoms with van der Waals surface area (Å²) in [5.74, 6) is 0.167. The number of carbonyl (C=O) groups excluding carboxylic acids is 3. The molecule has 1 fully saturated rings. The normalized spacial score (nSPS) is 14.8. The number of rotatable bonds is 7. The molecule has 1 aliphatic heterocycles. The lowest BCUT2D eigenvalue weighted by Crippen LogP contribution is -2.53. The number of aryl methyl sites for hydroxylation is 1. The van der Waals surface area contributed by atoms with Gasteiger partial charge in [-0.1, -0.05) is 35.9 Å². The van der Waals surface area contributed by atoms with Crippen LogP contribution in [-0.4, -0.2) is 55.0 Å². The fourth-order valence-electron chi connectivity index (χ4n) is 3.91. The van der Waals surface area contributed by atoms with Crippen molar-refractivity contribution >= 4 is 23.5 Å².